The predicted molar refractivity (Wildman–Crippen MR) is 73.7 cm³/mol. The Bertz CT molecular complexity index is 635. The van der Waals surface area contributed by atoms with Crippen molar-refractivity contribution in [3.8, 4) is 11.8 Å². The quantitative estimate of drug-likeness (QED) is 0.706. The number of carbonyl (C=O) groups is 1. The lowest BCUT2D eigenvalue weighted by atomic mass is 10.0. The molecule has 0 spiro atoms. The Morgan fingerprint density at radius 2 is 2.37 bits per heavy atom. The molecule has 0 aliphatic carbocycles. The Labute approximate surface area is 111 Å². The smallest absolute Gasteiger partial charge is 0.257 e. The van der Waals surface area contributed by atoms with Gasteiger partial charge < -0.3 is 11.1 Å². The fourth-order valence-corrected chi connectivity index (χ4v) is 1.62. The van der Waals surface area contributed by atoms with Crippen molar-refractivity contribution in [2.45, 2.75) is 6.92 Å². The lowest BCUT2D eigenvalue weighted by Crippen LogP contribution is -2.13. The first kappa shape index (κ1) is 12.9. The normalized spacial score (nSPS) is 9.58. The zero-order chi connectivity index (χ0) is 13.7. The molecule has 0 saturated carbocycles. The highest BCUT2D eigenvalue weighted by molar-refractivity contribution is 6.05. The molecule has 2 aromatic rings. The van der Waals surface area contributed by atoms with Gasteiger partial charge in [-0.15, -0.1) is 0 Å². The van der Waals surface area contributed by atoms with Gasteiger partial charge in [0.05, 0.1) is 24.0 Å². The zero-order valence-electron chi connectivity index (χ0n) is 10.5. The van der Waals surface area contributed by atoms with Crippen molar-refractivity contribution in [2.75, 3.05) is 11.9 Å². The Morgan fingerprint density at radius 1 is 1.53 bits per heavy atom. The lowest BCUT2D eigenvalue weighted by Gasteiger charge is -2.06. The van der Waals surface area contributed by atoms with Crippen molar-refractivity contribution in [3.05, 3.63) is 47.3 Å². The van der Waals surface area contributed by atoms with Gasteiger partial charge in [0, 0.05) is 11.8 Å². The van der Waals surface area contributed by atoms with Crippen molar-refractivity contribution >= 4 is 11.6 Å². The van der Waals surface area contributed by atoms with E-state index in [-0.39, 0.29) is 12.5 Å². The first-order valence-electron chi connectivity index (χ1n) is 5.80. The molecule has 0 unspecified atom stereocenters. The average molecular weight is 254 g/mol. The summed E-state index contributed by atoms with van der Waals surface area (Å²) in [7, 11) is 0. The van der Waals surface area contributed by atoms with Crippen LogP contribution in [0.3, 0.4) is 0 Å². The predicted octanol–water partition coefficient (Wildman–Crippen LogP) is 1.28. The molecule has 1 heterocycles. The molecular weight excluding hydrogens is 240 g/mol. The summed E-state index contributed by atoms with van der Waals surface area (Å²) in [5, 5.41) is 9.15. The van der Waals surface area contributed by atoms with Crippen LogP contribution in [0.5, 0.6) is 0 Å². The maximum Gasteiger partial charge on any atom is 0.257 e. The molecule has 5 nitrogen and oxygen atoms in total. The summed E-state index contributed by atoms with van der Waals surface area (Å²) in [6.07, 6.45) is 3.15. The molecular formula is C14H14N4O. The van der Waals surface area contributed by atoms with E-state index in [1.807, 2.05) is 19.1 Å². The zero-order valence-corrected chi connectivity index (χ0v) is 10.5. The molecule has 0 aliphatic heterocycles. The maximum absolute atomic E-state index is 12.2. The highest BCUT2D eigenvalue weighted by atomic mass is 16.1. The summed E-state index contributed by atoms with van der Waals surface area (Å²) in [4.78, 5) is 12.2. The number of benzene rings is 1. The molecule has 4 N–H and O–H groups in total. The third-order valence-electron chi connectivity index (χ3n) is 2.50. The van der Waals surface area contributed by atoms with Gasteiger partial charge in [0.1, 0.15) is 0 Å². The Kier molecular flexibility index (Phi) is 3.96. The van der Waals surface area contributed by atoms with Crippen LogP contribution < -0.4 is 11.1 Å². The fraction of sp³-hybridized carbons (Fsp3) is 0.143. The van der Waals surface area contributed by atoms with Gasteiger partial charge in [-0.2, -0.15) is 5.10 Å². The van der Waals surface area contributed by atoms with E-state index in [0.29, 0.717) is 16.8 Å². The number of anilines is 1. The van der Waals surface area contributed by atoms with Gasteiger partial charge in [-0.1, -0.05) is 17.9 Å². The van der Waals surface area contributed by atoms with Gasteiger partial charge in [0.25, 0.3) is 5.91 Å². The van der Waals surface area contributed by atoms with Gasteiger partial charge in [-0.05, 0) is 24.6 Å². The highest BCUT2D eigenvalue weighted by Crippen LogP contribution is 2.13. The summed E-state index contributed by atoms with van der Waals surface area (Å²) < 4.78 is 0. The standard InChI is InChI=1S/C14H14N4O/c1-10-4-5-13(11(7-10)3-2-6-15)14(19)18-12-8-16-17-9-12/h4-5,7-9H,6,15H2,1H3,(H,16,17)(H,18,19). The fourth-order valence-electron chi connectivity index (χ4n) is 1.62. The molecule has 5 heteroatoms. The largest absolute Gasteiger partial charge is 0.320 e. The molecule has 0 saturated heterocycles. The van der Waals surface area contributed by atoms with Crippen molar-refractivity contribution in [2.24, 2.45) is 5.73 Å². The second kappa shape index (κ2) is 5.85. The summed E-state index contributed by atoms with van der Waals surface area (Å²) in [5.74, 6) is 5.46. The molecule has 0 radical (unpaired) electrons. The minimum atomic E-state index is -0.220. The Balaban J connectivity index is 2.30. The number of nitrogens with zero attached hydrogens (tertiary/aromatic N) is 1. The molecule has 19 heavy (non-hydrogen) atoms. The number of hydrogen-bond acceptors (Lipinski definition) is 3. The first-order chi connectivity index (χ1) is 9.20. The Morgan fingerprint density at radius 3 is 3.05 bits per heavy atom. The van der Waals surface area contributed by atoms with Crippen LogP contribution in [-0.4, -0.2) is 22.6 Å². The lowest BCUT2D eigenvalue weighted by molar-refractivity contribution is 0.102. The number of aromatic amines is 1. The number of rotatable bonds is 2. The van der Waals surface area contributed by atoms with Gasteiger partial charge >= 0.3 is 0 Å². The summed E-state index contributed by atoms with van der Waals surface area (Å²) in [6, 6.07) is 5.50. The van der Waals surface area contributed by atoms with Crippen LogP contribution in [0.15, 0.2) is 30.6 Å². The number of aryl methyl sites for hydroxylation is 1. The van der Waals surface area contributed by atoms with E-state index < -0.39 is 0 Å². The van der Waals surface area contributed by atoms with E-state index in [1.54, 1.807) is 12.3 Å². The van der Waals surface area contributed by atoms with Gasteiger partial charge in [-0.25, -0.2) is 0 Å². The van der Waals surface area contributed by atoms with Crippen LogP contribution in [0.4, 0.5) is 5.69 Å². The monoisotopic (exact) mass is 254 g/mol. The van der Waals surface area contributed by atoms with Crippen LogP contribution in [0.2, 0.25) is 0 Å². The third kappa shape index (κ3) is 3.21. The summed E-state index contributed by atoms with van der Waals surface area (Å²) >= 11 is 0. The molecule has 0 fully saturated rings. The minimum absolute atomic E-state index is 0.220. The van der Waals surface area contributed by atoms with Gasteiger partial charge in [-0.3, -0.25) is 9.89 Å². The molecule has 1 aromatic heterocycles. The molecule has 1 aromatic carbocycles. The number of carbonyl (C=O) groups excluding carboxylic acids is 1. The minimum Gasteiger partial charge on any atom is -0.320 e. The van der Waals surface area contributed by atoms with E-state index in [1.165, 1.54) is 6.20 Å². The molecule has 1 amide bonds. The molecule has 0 aliphatic rings. The molecule has 0 bridgehead atoms. The number of H-pyrrole nitrogens is 1. The highest BCUT2D eigenvalue weighted by Gasteiger charge is 2.11. The molecule has 0 atom stereocenters. The van der Waals surface area contributed by atoms with Crippen molar-refractivity contribution in [1.29, 1.82) is 0 Å². The van der Waals surface area contributed by atoms with E-state index >= 15 is 0 Å². The van der Waals surface area contributed by atoms with Crippen molar-refractivity contribution in [3.63, 3.8) is 0 Å². The third-order valence-corrected chi connectivity index (χ3v) is 2.50. The van der Waals surface area contributed by atoms with Crippen LogP contribution in [0.1, 0.15) is 21.5 Å². The topological polar surface area (TPSA) is 83.8 Å². The molecule has 2 rings (SSSR count). The number of aromatic nitrogens is 2. The van der Waals surface area contributed by atoms with E-state index in [0.717, 1.165) is 5.56 Å². The Hall–Kier alpha value is -2.58. The van der Waals surface area contributed by atoms with Crippen LogP contribution in [0, 0.1) is 18.8 Å². The second-order valence-corrected chi connectivity index (χ2v) is 4.00. The SMILES string of the molecule is Cc1ccc(C(=O)Nc2cn[nH]c2)c(C#CCN)c1. The second-order valence-electron chi connectivity index (χ2n) is 4.00. The van der Waals surface area contributed by atoms with E-state index in [4.69, 9.17) is 5.73 Å². The molecule has 96 valence electrons. The van der Waals surface area contributed by atoms with E-state index in [2.05, 4.69) is 27.4 Å². The van der Waals surface area contributed by atoms with Crippen LogP contribution >= 0.6 is 0 Å². The number of nitrogens with two attached hydrogens (primary N) is 1. The number of nitrogens with one attached hydrogen (secondary N) is 2. The summed E-state index contributed by atoms with van der Waals surface area (Å²) in [6.45, 7) is 2.21. The summed E-state index contributed by atoms with van der Waals surface area (Å²) in [5.41, 5.74) is 8.21. The number of hydrogen-bond donors (Lipinski definition) is 3. The number of amides is 1. The van der Waals surface area contributed by atoms with Gasteiger partial charge in [0.2, 0.25) is 0 Å². The maximum atomic E-state index is 12.2. The van der Waals surface area contributed by atoms with E-state index in [9.17, 15) is 4.79 Å². The van der Waals surface area contributed by atoms with Crippen LogP contribution in [0.25, 0.3) is 0 Å². The van der Waals surface area contributed by atoms with Gasteiger partial charge in [0.15, 0.2) is 0 Å². The average Bonchev–Trinajstić information content (AvgIpc) is 2.89. The first-order valence-corrected chi connectivity index (χ1v) is 5.80. The van der Waals surface area contributed by atoms with Crippen molar-refractivity contribution < 1.29 is 4.79 Å². The van der Waals surface area contributed by atoms with Crippen LogP contribution in [-0.2, 0) is 0 Å². The van der Waals surface area contributed by atoms with Crippen molar-refractivity contribution in [1.82, 2.24) is 10.2 Å².